The standard InChI is InChI=1S/C33H55N3O4/c1-6-11-13-26(8-3)21-39-30-15-16-31(33-35-24-34-25-36-33)32(20-30)40-22-27(9-4)19-29(10-5)38-23-28(17-18-37)14-12-7-2/h15-16,20,24-29,37H,6-14,17-19,21-23H2,1-5H3. The maximum absolute atomic E-state index is 9.46. The minimum absolute atomic E-state index is 0.183. The fourth-order valence-corrected chi connectivity index (χ4v) is 4.93. The molecule has 2 aromatic rings. The molecule has 4 unspecified atom stereocenters. The fourth-order valence-electron chi connectivity index (χ4n) is 4.93. The van der Waals surface area contributed by atoms with Crippen molar-refractivity contribution in [3.8, 4) is 22.9 Å². The zero-order valence-corrected chi connectivity index (χ0v) is 25.8. The number of hydrogen-bond acceptors (Lipinski definition) is 7. The van der Waals surface area contributed by atoms with E-state index in [4.69, 9.17) is 14.2 Å². The molecule has 0 spiro atoms. The second kappa shape index (κ2) is 20.6. The van der Waals surface area contributed by atoms with Crippen LogP contribution >= 0.6 is 0 Å². The number of aliphatic hydroxyl groups is 1. The highest BCUT2D eigenvalue weighted by Crippen LogP contribution is 2.33. The third-order valence-corrected chi connectivity index (χ3v) is 7.89. The molecule has 1 aromatic heterocycles. The summed E-state index contributed by atoms with van der Waals surface area (Å²) in [7, 11) is 0. The number of hydrogen-bond donors (Lipinski definition) is 1. The van der Waals surface area contributed by atoms with Gasteiger partial charge in [-0.3, -0.25) is 0 Å². The maximum atomic E-state index is 9.46. The van der Waals surface area contributed by atoms with Gasteiger partial charge in [0.15, 0.2) is 5.82 Å². The average Bonchev–Trinajstić information content (AvgIpc) is 3.00. The average molecular weight is 558 g/mol. The normalized spacial score (nSPS) is 14.4. The molecule has 0 fully saturated rings. The zero-order chi connectivity index (χ0) is 29.0. The van der Waals surface area contributed by atoms with Crippen LogP contribution in [-0.4, -0.2) is 52.6 Å². The summed E-state index contributed by atoms with van der Waals surface area (Å²) in [6.45, 7) is 13.3. The maximum Gasteiger partial charge on any atom is 0.166 e. The smallest absolute Gasteiger partial charge is 0.166 e. The summed E-state index contributed by atoms with van der Waals surface area (Å²) in [5, 5.41) is 9.46. The summed E-state index contributed by atoms with van der Waals surface area (Å²) in [4.78, 5) is 12.7. The number of nitrogens with zero attached hydrogens (tertiary/aromatic N) is 3. The Morgan fingerprint density at radius 2 is 1.43 bits per heavy atom. The first kappa shape index (κ1) is 34.0. The zero-order valence-electron chi connectivity index (χ0n) is 25.8. The van der Waals surface area contributed by atoms with Gasteiger partial charge >= 0.3 is 0 Å². The molecule has 2 rings (SSSR count). The predicted molar refractivity (Wildman–Crippen MR) is 163 cm³/mol. The molecule has 7 nitrogen and oxygen atoms in total. The molecule has 1 aromatic carbocycles. The van der Waals surface area contributed by atoms with Gasteiger partial charge in [0.05, 0.1) is 24.9 Å². The van der Waals surface area contributed by atoms with Crippen LogP contribution in [0.15, 0.2) is 30.9 Å². The summed E-state index contributed by atoms with van der Waals surface area (Å²) in [5.41, 5.74) is 0.841. The van der Waals surface area contributed by atoms with Crippen molar-refractivity contribution >= 4 is 0 Å². The summed E-state index contributed by atoms with van der Waals surface area (Å²) < 4.78 is 19.1. The highest BCUT2D eigenvalue weighted by atomic mass is 16.5. The van der Waals surface area contributed by atoms with Crippen LogP contribution in [0.1, 0.15) is 105 Å². The molecule has 0 aliphatic heterocycles. The summed E-state index contributed by atoms with van der Waals surface area (Å²) in [6.07, 6.45) is 15.1. The van der Waals surface area contributed by atoms with Crippen LogP contribution in [0.3, 0.4) is 0 Å². The van der Waals surface area contributed by atoms with Crippen molar-refractivity contribution in [1.29, 1.82) is 0 Å². The summed E-state index contributed by atoms with van der Waals surface area (Å²) in [5.74, 6) is 3.48. The van der Waals surface area contributed by atoms with Gasteiger partial charge in [-0.25, -0.2) is 15.0 Å². The van der Waals surface area contributed by atoms with E-state index in [9.17, 15) is 5.11 Å². The molecule has 0 saturated carbocycles. The lowest BCUT2D eigenvalue weighted by atomic mass is 9.97. The Hall–Kier alpha value is -2.25. The topological polar surface area (TPSA) is 86.6 Å². The molecule has 0 saturated heterocycles. The Bertz CT molecular complexity index is 899. The lowest BCUT2D eigenvalue weighted by Gasteiger charge is -2.25. The van der Waals surface area contributed by atoms with Crippen LogP contribution in [0.2, 0.25) is 0 Å². The van der Waals surface area contributed by atoms with Crippen molar-refractivity contribution in [2.45, 2.75) is 111 Å². The van der Waals surface area contributed by atoms with Crippen LogP contribution in [0, 0.1) is 17.8 Å². The van der Waals surface area contributed by atoms with E-state index in [2.05, 4.69) is 49.6 Å². The Kier molecular flexibility index (Phi) is 17.5. The van der Waals surface area contributed by atoms with Gasteiger partial charge in [-0.2, -0.15) is 0 Å². The van der Waals surface area contributed by atoms with E-state index in [1.807, 2.05) is 18.2 Å². The molecule has 40 heavy (non-hydrogen) atoms. The molecular weight excluding hydrogens is 502 g/mol. The van der Waals surface area contributed by atoms with Crippen LogP contribution in [0.5, 0.6) is 11.5 Å². The molecule has 0 aliphatic carbocycles. The van der Waals surface area contributed by atoms with Gasteiger partial charge in [0.1, 0.15) is 24.2 Å². The minimum atomic E-state index is 0.183. The highest BCUT2D eigenvalue weighted by molar-refractivity contribution is 5.65. The lowest BCUT2D eigenvalue weighted by molar-refractivity contribution is 0.00149. The third-order valence-electron chi connectivity index (χ3n) is 7.89. The van der Waals surface area contributed by atoms with E-state index in [-0.39, 0.29) is 12.7 Å². The van der Waals surface area contributed by atoms with Crippen molar-refractivity contribution in [3.63, 3.8) is 0 Å². The second-order valence-corrected chi connectivity index (χ2v) is 11.1. The van der Waals surface area contributed by atoms with Crippen molar-refractivity contribution in [2.75, 3.05) is 26.4 Å². The van der Waals surface area contributed by atoms with E-state index in [1.165, 1.54) is 44.8 Å². The second-order valence-electron chi connectivity index (χ2n) is 11.1. The fraction of sp³-hybridized carbons (Fsp3) is 0.727. The molecule has 226 valence electrons. The van der Waals surface area contributed by atoms with E-state index >= 15 is 0 Å². The highest BCUT2D eigenvalue weighted by Gasteiger charge is 2.19. The molecule has 4 atom stereocenters. The molecule has 0 amide bonds. The van der Waals surface area contributed by atoms with E-state index < -0.39 is 0 Å². The van der Waals surface area contributed by atoms with Gasteiger partial charge in [-0.05, 0) is 68.4 Å². The van der Waals surface area contributed by atoms with Crippen LogP contribution in [-0.2, 0) is 4.74 Å². The van der Waals surface area contributed by atoms with Crippen molar-refractivity contribution < 1.29 is 19.3 Å². The van der Waals surface area contributed by atoms with Gasteiger partial charge in [0.25, 0.3) is 0 Å². The first-order valence-electron chi connectivity index (χ1n) is 15.8. The third kappa shape index (κ3) is 12.5. The van der Waals surface area contributed by atoms with Crippen LogP contribution < -0.4 is 9.47 Å². The van der Waals surface area contributed by atoms with Crippen molar-refractivity contribution in [2.24, 2.45) is 17.8 Å². The van der Waals surface area contributed by atoms with Crippen molar-refractivity contribution in [1.82, 2.24) is 15.0 Å². The number of aliphatic hydroxyl groups excluding tert-OH is 1. The monoisotopic (exact) mass is 557 g/mol. The van der Waals surface area contributed by atoms with Crippen LogP contribution in [0.25, 0.3) is 11.4 Å². The number of benzene rings is 1. The van der Waals surface area contributed by atoms with E-state index in [1.54, 1.807) is 0 Å². The Morgan fingerprint density at radius 1 is 0.750 bits per heavy atom. The van der Waals surface area contributed by atoms with Gasteiger partial charge < -0.3 is 19.3 Å². The number of rotatable bonds is 23. The molecular formula is C33H55N3O4. The lowest BCUT2D eigenvalue weighted by Crippen LogP contribution is -2.24. The summed E-state index contributed by atoms with van der Waals surface area (Å²) >= 11 is 0. The SMILES string of the molecule is CCCCC(CC)COc1ccc(-c2ncncn2)c(OCC(CC)CC(CC)OCC(CCO)CCCC)c1. The quantitative estimate of drug-likeness (QED) is 0.148. The summed E-state index contributed by atoms with van der Waals surface area (Å²) in [6, 6.07) is 5.96. The van der Waals surface area contributed by atoms with Crippen LogP contribution in [0.4, 0.5) is 0 Å². The Balaban J connectivity index is 2.08. The first-order valence-corrected chi connectivity index (χ1v) is 15.8. The molecule has 1 N–H and O–H groups in total. The van der Waals surface area contributed by atoms with Gasteiger partial charge in [-0.15, -0.1) is 0 Å². The molecule has 0 bridgehead atoms. The molecule has 1 heterocycles. The van der Waals surface area contributed by atoms with E-state index in [0.717, 1.165) is 62.2 Å². The Labute approximate surface area is 243 Å². The van der Waals surface area contributed by atoms with Gasteiger partial charge in [0.2, 0.25) is 0 Å². The molecule has 0 radical (unpaired) electrons. The van der Waals surface area contributed by atoms with Gasteiger partial charge in [-0.1, -0.05) is 66.7 Å². The van der Waals surface area contributed by atoms with Gasteiger partial charge in [0, 0.05) is 19.3 Å². The first-order chi connectivity index (χ1) is 19.6. The molecule has 0 aliphatic rings. The predicted octanol–water partition coefficient (Wildman–Crippen LogP) is 7.91. The largest absolute Gasteiger partial charge is 0.493 e. The number of unbranched alkanes of at least 4 members (excludes halogenated alkanes) is 2. The Morgan fingerprint density at radius 3 is 2.05 bits per heavy atom. The number of aromatic nitrogens is 3. The van der Waals surface area contributed by atoms with Crippen molar-refractivity contribution in [3.05, 3.63) is 30.9 Å². The minimum Gasteiger partial charge on any atom is -0.493 e. The molecule has 7 heteroatoms. The number of ether oxygens (including phenoxy) is 3. The van der Waals surface area contributed by atoms with E-state index in [0.29, 0.717) is 36.8 Å².